The van der Waals surface area contributed by atoms with Crippen molar-refractivity contribution in [2.75, 3.05) is 6.01 Å². The SMILES string of the molecule is F[n+]1cc(Cl)cc(Cl)c1.O=S(=O)([O-])CF. The molecule has 86 valence electrons. The van der Waals surface area contributed by atoms with E-state index in [0.29, 0.717) is 4.79 Å². The van der Waals surface area contributed by atoms with Gasteiger partial charge in [-0.2, -0.15) is 0 Å². The van der Waals surface area contributed by atoms with Crippen LogP contribution in [0.25, 0.3) is 0 Å². The summed E-state index contributed by atoms with van der Waals surface area (Å²) in [5.41, 5.74) is 0. The van der Waals surface area contributed by atoms with Crippen LogP contribution in [0.15, 0.2) is 18.5 Å². The summed E-state index contributed by atoms with van der Waals surface area (Å²) in [6.07, 6.45) is 2.24. The highest BCUT2D eigenvalue weighted by Gasteiger charge is 2.02. The van der Waals surface area contributed by atoms with Crippen LogP contribution in [0.5, 0.6) is 0 Å². The minimum Gasteiger partial charge on any atom is -0.746 e. The largest absolute Gasteiger partial charge is 0.746 e. The lowest BCUT2D eigenvalue weighted by molar-refractivity contribution is -0.843. The van der Waals surface area contributed by atoms with Crippen molar-refractivity contribution < 1.29 is 26.6 Å². The van der Waals surface area contributed by atoms with Crippen molar-refractivity contribution in [1.29, 1.82) is 0 Å². The van der Waals surface area contributed by atoms with E-state index in [1.807, 2.05) is 0 Å². The summed E-state index contributed by atoms with van der Waals surface area (Å²) >= 11 is 10.8. The fourth-order valence-electron chi connectivity index (χ4n) is 0.479. The summed E-state index contributed by atoms with van der Waals surface area (Å²) in [4.78, 5) is 0.310. The minimum absolute atomic E-state index is 0.282. The van der Waals surface area contributed by atoms with E-state index in [9.17, 15) is 8.87 Å². The molecule has 9 heteroatoms. The highest BCUT2D eigenvalue weighted by atomic mass is 35.5. The molecule has 0 bridgehead atoms. The first-order valence-electron chi connectivity index (χ1n) is 3.27. The van der Waals surface area contributed by atoms with E-state index >= 15 is 0 Å². The zero-order valence-corrected chi connectivity index (χ0v) is 9.36. The minimum atomic E-state index is -4.58. The van der Waals surface area contributed by atoms with Crippen LogP contribution in [-0.2, 0) is 10.1 Å². The Kier molecular flexibility index (Phi) is 5.96. The number of hydrogen-bond donors (Lipinski definition) is 0. The van der Waals surface area contributed by atoms with Gasteiger partial charge in [-0.25, -0.2) is 12.8 Å². The molecular formula is C6H5Cl2F2NO3S. The maximum atomic E-state index is 12.2. The van der Waals surface area contributed by atoms with Crippen molar-refractivity contribution in [1.82, 2.24) is 0 Å². The number of hydrogen-bond acceptors (Lipinski definition) is 3. The Hall–Kier alpha value is -0.500. The molecule has 0 aliphatic heterocycles. The van der Waals surface area contributed by atoms with Crippen molar-refractivity contribution >= 4 is 33.3 Å². The van der Waals surface area contributed by atoms with Gasteiger partial charge in [-0.15, -0.1) is 0 Å². The Balaban J connectivity index is 0.000000288. The van der Waals surface area contributed by atoms with E-state index < -0.39 is 16.1 Å². The van der Waals surface area contributed by atoms with Gasteiger partial charge in [0.05, 0.1) is 4.48 Å². The van der Waals surface area contributed by atoms with Gasteiger partial charge in [0.1, 0.15) is 20.2 Å². The molecule has 0 amide bonds. The van der Waals surface area contributed by atoms with Crippen molar-refractivity contribution in [2.24, 2.45) is 0 Å². The molecule has 0 aliphatic rings. The van der Waals surface area contributed by atoms with Crippen LogP contribution in [0.3, 0.4) is 0 Å². The standard InChI is InChI=1S/C5H3Cl2FN.CH3FO3S/c6-4-1-5(7)3-9(8)2-4;2-1-6(3,4)5/h1-3H;1H2,(H,3,4,5)/q+1;/p-1. The Bertz CT molecular complexity index is 376. The molecule has 0 N–H and O–H groups in total. The van der Waals surface area contributed by atoms with E-state index in [1.165, 1.54) is 6.07 Å². The molecule has 0 aliphatic carbocycles. The second-order valence-electron chi connectivity index (χ2n) is 2.18. The molecule has 15 heavy (non-hydrogen) atoms. The average Bonchev–Trinajstić information content (AvgIpc) is 2.01. The third-order valence-corrected chi connectivity index (χ3v) is 1.58. The highest BCUT2D eigenvalue weighted by Crippen LogP contribution is 2.11. The fraction of sp³-hybridized carbons (Fsp3) is 0.167. The van der Waals surface area contributed by atoms with Crippen molar-refractivity contribution in [3.05, 3.63) is 28.5 Å². The molecule has 4 nitrogen and oxygen atoms in total. The van der Waals surface area contributed by atoms with Gasteiger partial charge < -0.3 is 4.55 Å². The van der Waals surface area contributed by atoms with Crippen LogP contribution in [0, 0.1) is 0 Å². The summed E-state index contributed by atoms with van der Waals surface area (Å²) in [5, 5.41) is 0.565. The van der Waals surface area contributed by atoms with Crippen molar-refractivity contribution in [3.63, 3.8) is 0 Å². The van der Waals surface area contributed by atoms with Gasteiger partial charge in [-0.1, -0.05) is 23.2 Å². The van der Waals surface area contributed by atoms with Crippen LogP contribution in [0.2, 0.25) is 10.0 Å². The van der Waals surface area contributed by atoms with Crippen LogP contribution in [0.4, 0.5) is 8.87 Å². The zero-order valence-electron chi connectivity index (χ0n) is 7.03. The summed E-state index contributed by atoms with van der Waals surface area (Å²) < 4.78 is 50.0. The topological polar surface area (TPSA) is 61.1 Å². The molecular weight excluding hydrogens is 275 g/mol. The first kappa shape index (κ1) is 14.5. The lowest BCUT2D eigenvalue weighted by Crippen LogP contribution is -2.20. The fourth-order valence-corrected chi connectivity index (χ4v) is 0.957. The summed E-state index contributed by atoms with van der Waals surface area (Å²) in [7, 11) is -4.58. The summed E-state index contributed by atoms with van der Waals surface area (Å²) in [6.45, 7) is 0. The molecule has 1 aromatic rings. The molecule has 0 saturated carbocycles. The molecule has 0 aromatic carbocycles. The molecule has 1 aromatic heterocycles. The molecule has 0 fully saturated rings. The third kappa shape index (κ3) is 8.49. The second-order valence-corrected chi connectivity index (χ2v) is 4.39. The first-order valence-corrected chi connectivity index (χ1v) is 5.61. The summed E-state index contributed by atoms with van der Waals surface area (Å²) in [6, 6.07) is -0.355. The Morgan fingerprint density at radius 1 is 1.33 bits per heavy atom. The highest BCUT2D eigenvalue weighted by molar-refractivity contribution is 7.85. The van der Waals surface area contributed by atoms with Gasteiger partial charge in [0, 0.05) is 4.79 Å². The van der Waals surface area contributed by atoms with Gasteiger partial charge >= 0.3 is 0 Å². The lowest BCUT2D eigenvalue weighted by atomic mass is 10.5. The van der Waals surface area contributed by atoms with E-state index in [1.54, 1.807) is 0 Å². The molecule has 0 saturated heterocycles. The van der Waals surface area contributed by atoms with Gasteiger partial charge in [0.25, 0.3) is 0 Å². The quantitative estimate of drug-likeness (QED) is 0.732. The van der Waals surface area contributed by atoms with Crippen LogP contribution in [0.1, 0.15) is 0 Å². The number of rotatable bonds is 1. The Labute approximate surface area is 94.7 Å². The van der Waals surface area contributed by atoms with E-state index in [0.717, 1.165) is 12.4 Å². The number of pyridine rings is 1. The predicted molar refractivity (Wildman–Crippen MR) is 48.8 cm³/mol. The van der Waals surface area contributed by atoms with Crippen molar-refractivity contribution in [3.8, 4) is 0 Å². The normalized spacial score (nSPS) is 10.5. The molecule has 0 atom stereocenters. The molecule has 1 heterocycles. The van der Waals surface area contributed by atoms with E-state index in [2.05, 4.69) is 0 Å². The molecule has 0 radical (unpaired) electrons. The lowest BCUT2D eigenvalue weighted by Gasteiger charge is -1.94. The monoisotopic (exact) mass is 279 g/mol. The number of halogens is 4. The van der Waals surface area contributed by atoms with Crippen LogP contribution in [-0.4, -0.2) is 19.0 Å². The molecule has 0 unspecified atom stereocenters. The first-order chi connectivity index (χ1) is 6.74. The Morgan fingerprint density at radius 3 is 1.87 bits per heavy atom. The van der Waals surface area contributed by atoms with Gasteiger partial charge in [0.15, 0.2) is 6.01 Å². The van der Waals surface area contributed by atoms with Crippen LogP contribution >= 0.6 is 23.2 Å². The van der Waals surface area contributed by atoms with E-state index in [4.69, 9.17) is 36.2 Å². The van der Waals surface area contributed by atoms with Crippen LogP contribution < -0.4 is 4.79 Å². The van der Waals surface area contributed by atoms with Gasteiger partial charge in [0.2, 0.25) is 12.4 Å². The number of alkyl halides is 1. The Morgan fingerprint density at radius 2 is 1.67 bits per heavy atom. The molecule has 1 rings (SSSR count). The maximum Gasteiger partial charge on any atom is 0.237 e. The smallest absolute Gasteiger partial charge is 0.237 e. The van der Waals surface area contributed by atoms with Crippen molar-refractivity contribution in [2.45, 2.75) is 0 Å². The van der Waals surface area contributed by atoms with Gasteiger partial charge in [-0.05, 0) is 6.07 Å². The maximum absolute atomic E-state index is 12.2. The zero-order chi connectivity index (χ0) is 12.1. The predicted octanol–water partition coefficient (Wildman–Crippen LogP) is 1.47. The number of nitrogens with zero attached hydrogens (tertiary/aromatic N) is 1. The van der Waals surface area contributed by atoms with E-state index in [-0.39, 0.29) is 10.0 Å². The van der Waals surface area contributed by atoms with Gasteiger partial charge in [-0.3, -0.25) is 0 Å². The number of aromatic nitrogens is 1. The average molecular weight is 280 g/mol. The summed E-state index contributed by atoms with van der Waals surface area (Å²) in [5.74, 6) is 0. The third-order valence-electron chi connectivity index (χ3n) is 0.903. The second kappa shape index (κ2) is 6.16. The molecule has 0 spiro atoms.